The Morgan fingerprint density at radius 1 is 0.844 bits per heavy atom. The number of furan rings is 1. The summed E-state index contributed by atoms with van der Waals surface area (Å²) in [4.78, 5) is 8.38. The van der Waals surface area contributed by atoms with Gasteiger partial charge in [0.15, 0.2) is 0 Å². The molecule has 2 aliphatic carbocycles. The average Bonchev–Trinajstić information content (AvgIpc) is 3.64. The van der Waals surface area contributed by atoms with E-state index in [1.165, 1.54) is 36.5 Å². The van der Waals surface area contributed by atoms with Gasteiger partial charge in [0.2, 0.25) is 0 Å². The zero-order valence-electron chi connectivity index (χ0n) is 39.4. The molecule has 0 N–H and O–H groups in total. The van der Waals surface area contributed by atoms with Crippen LogP contribution < -0.4 is 0 Å². The van der Waals surface area contributed by atoms with Gasteiger partial charge in [-0.05, 0) is 104 Å². The molecule has 1 radical (unpaired) electrons. The molecule has 4 heteroatoms. The Morgan fingerprint density at radius 2 is 1.73 bits per heavy atom. The normalized spacial score (nSPS) is 25.0. The van der Waals surface area contributed by atoms with Gasteiger partial charge in [-0.15, -0.1) is 53.6 Å². The van der Waals surface area contributed by atoms with Crippen LogP contribution in [0.1, 0.15) is 98.4 Å². The molecule has 0 amide bonds. The van der Waals surface area contributed by atoms with Crippen molar-refractivity contribution in [2.45, 2.75) is 78.2 Å². The van der Waals surface area contributed by atoms with E-state index in [2.05, 4.69) is 22.1 Å². The summed E-state index contributed by atoms with van der Waals surface area (Å²) in [5, 5.41) is 1.39. The standard InChI is InChI=1S/C28H28NO.C13H12N.Ir/c1-17-13-26(29-16-18(17)2)23-10-6-9-22-25-14-20-11-12-21(19-7-4-3-5-8-19)24(20)15-27(25)30-28(22)23;1-10-3-5-12(6-4-10)13-9-11(2)7-8-14-13;/h6,9,13-16,19,21H,3-5,7-8,11-12H2,1-2H3;3-5,7-9H,1-2H3;/q2*-1;/i1D3,2D3,11D2,21D;1D3,2D3;. The van der Waals surface area contributed by atoms with E-state index < -0.39 is 39.7 Å². The molecule has 0 spiro atoms. The van der Waals surface area contributed by atoms with Crippen molar-refractivity contribution in [3.05, 3.63) is 119 Å². The molecular weight excluding hydrogens is 729 g/mol. The van der Waals surface area contributed by atoms with Crippen molar-refractivity contribution in [3.8, 4) is 22.5 Å². The van der Waals surface area contributed by atoms with Crippen molar-refractivity contribution in [2.75, 3.05) is 0 Å². The van der Waals surface area contributed by atoms with E-state index in [-0.39, 0.29) is 60.4 Å². The largest absolute Gasteiger partial charge is 0.501 e. The summed E-state index contributed by atoms with van der Waals surface area (Å²) in [6.07, 6.45) is 6.09. The van der Waals surface area contributed by atoms with Gasteiger partial charge in [0.05, 0.1) is 5.58 Å². The SMILES string of the molecule is [2H]C([2H])([2H])c1c[c-]c(-c2cc(C([2H])([2H])[2H])ccn2)cc1.[2H]C([2H])([2H])c1cnc(-c2[c-]ccc3c2oc2cc4c(cc23)C([2H])([2H])CC4([2H])C2CCCCC2)cc1C([2H])([2H])[2H].[Ir]. The number of aromatic nitrogens is 2. The fraction of sp³-hybridized carbons (Fsp3) is 0.317. The summed E-state index contributed by atoms with van der Waals surface area (Å²) < 4.78 is 124. The van der Waals surface area contributed by atoms with Crippen LogP contribution in [0, 0.1) is 45.5 Å². The van der Waals surface area contributed by atoms with Gasteiger partial charge in [0, 0.05) is 58.4 Å². The summed E-state index contributed by atoms with van der Waals surface area (Å²) in [6.45, 7) is -9.67. The molecule has 3 heterocycles. The zero-order valence-corrected chi connectivity index (χ0v) is 26.8. The maximum absolute atomic E-state index is 9.45. The second-order valence-corrected chi connectivity index (χ2v) is 11.3. The molecule has 6 aromatic rings. The quantitative estimate of drug-likeness (QED) is 0.168. The first kappa shape index (κ1) is 17.9. The minimum Gasteiger partial charge on any atom is -0.501 e. The number of benzene rings is 3. The van der Waals surface area contributed by atoms with E-state index in [1.54, 1.807) is 24.3 Å². The van der Waals surface area contributed by atoms with Crippen LogP contribution >= 0.6 is 0 Å². The molecule has 45 heavy (non-hydrogen) atoms. The van der Waals surface area contributed by atoms with Crippen LogP contribution in [0.25, 0.3) is 44.5 Å². The zero-order chi connectivity index (χ0) is 42.9. The Bertz CT molecular complexity index is 2520. The summed E-state index contributed by atoms with van der Waals surface area (Å²) >= 11 is 0. The van der Waals surface area contributed by atoms with Crippen molar-refractivity contribution in [1.29, 1.82) is 0 Å². The van der Waals surface area contributed by atoms with Crippen LogP contribution in [-0.4, -0.2) is 9.97 Å². The number of fused-ring (bicyclic) bond motifs is 4. The maximum Gasteiger partial charge on any atom is 0.121 e. The summed E-state index contributed by atoms with van der Waals surface area (Å²) in [7, 11) is 0. The smallest absolute Gasteiger partial charge is 0.121 e. The monoisotopic (exact) mass is 784 g/mol. The first-order chi connectivity index (χ1) is 27.4. The molecule has 3 nitrogen and oxygen atoms in total. The number of rotatable bonds is 3. The minimum absolute atomic E-state index is 0. The van der Waals surface area contributed by atoms with E-state index in [0.717, 1.165) is 38.3 Å². The number of nitrogens with zero attached hydrogens (tertiary/aromatic N) is 2. The first-order valence-corrected chi connectivity index (χ1v) is 14.8. The maximum atomic E-state index is 9.45. The molecule has 3 aromatic heterocycles. The van der Waals surface area contributed by atoms with Gasteiger partial charge in [-0.1, -0.05) is 60.3 Å². The van der Waals surface area contributed by atoms with Gasteiger partial charge >= 0.3 is 0 Å². The fourth-order valence-electron chi connectivity index (χ4n) is 6.24. The molecule has 2 aliphatic rings. The molecule has 0 bridgehead atoms. The first-order valence-electron chi connectivity index (χ1n) is 22.3. The van der Waals surface area contributed by atoms with Crippen molar-refractivity contribution < 1.29 is 45.1 Å². The molecule has 1 fully saturated rings. The Labute approximate surface area is 301 Å². The van der Waals surface area contributed by atoms with Crippen molar-refractivity contribution in [2.24, 2.45) is 5.92 Å². The second-order valence-electron chi connectivity index (χ2n) is 11.3. The number of hydrogen-bond acceptors (Lipinski definition) is 3. The third kappa shape index (κ3) is 6.41. The summed E-state index contributed by atoms with van der Waals surface area (Å²) in [6, 6.07) is 21.6. The van der Waals surface area contributed by atoms with Gasteiger partial charge in [0.1, 0.15) is 5.58 Å². The van der Waals surface area contributed by atoms with Gasteiger partial charge in [0.25, 0.3) is 0 Å². The van der Waals surface area contributed by atoms with E-state index >= 15 is 0 Å². The van der Waals surface area contributed by atoms with Crippen LogP contribution in [-0.2, 0) is 26.5 Å². The van der Waals surface area contributed by atoms with Crippen LogP contribution in [0.5, 0.6) is 0 Å². The van der Waals surface area contributed by atoms with Crippen molar-refractivity contribution in [3.63, 3.8) is 0 Å². The fourth-order valence-corrected chi connectivity index (χ4v) is 6.24. The van der Waals surface area contributed by atoms with Crippen molar-refractivity contribution >= 4 is 21.9 Å². The Kier molecular flexibility index (Phi) is 5.34. The van der Waals surface area contributed by atoms with Crippen LogP contribution in [0.15, 0.2) is 77.5 Å². The Balaban J connectivity index is 0.000000243. The third-order valence-electron chi connectivity index (χ3n) is 8.49. The second kappa shape index (κ2) is 13.4. The molecule has 1 saturated carbocycles. The number of pyridine rings is 2. The molecule has 8 rings (SSSR count). The van der Waals surface area contributed by atoms with Gasteiger partial charge in [-0.2, -0.15) is 0 Å². The van der Waals surface area contributed by atoms with Gasteiger partial charge in [-0.3, -0.25) is 0 Å². The molecule has 3 aromatic carbocycles. The molecule has 231 valence electrons. The van der Waals surface area contributed by atoms with E-state index in [9.17, 15) is 1.37 Å². The summed E-state index contributed by atoms with van der Waals surface area (Å²) in [5.41, 5.74) is 3.50. The van der Waals surface area contributed by atoms with E-state index in [1.807, 2.05) is 6.07 Å². The number of aryl methyl sites for hydroxylation is 5. The van der Waals surface area contributed by atoms with Crippen LogP contribution in [0.4, 0.5) is 0 Å². The van der Waals surface area contributed by atoms with E-state index in [4.69, 9.17) is 23.6 Å². The third-order valence-corrected chi connectivity index (χ3v) is 8.49. The molecule has 0 aliphatic heterocycles. The number of hydrogen-bond donors (Lipinski definition) is 0. The van der Waals surface area contributed by atoms with E-state index in [0.29, 0.717) is 49.9 Å². The molecule has 0 saturated heterocycles. The Morgan fingerprint density at radius 3 is 2.53 bits per heavy atom. The minimum atomic E-state index is -2.66. The average molecular weight is 784 g/mol. The molecule has 1 unspecified atom stereocenters. The molecule has 1 atom stereocenters. The topological polar surface area (TPSA) is 38.9 Å². The Hall–Kier alpha value is -3.59. The van der Waals surface area contributed by atoms with Gasteiger partial charge < -0.3 is 14.4 Å². The summed E-state index contributed by atoms with van der Waals surface area (Å²) in [5.74, 6) is -0.935. The predicted molar refractivity (Wildman–Crippen MR) is 181 cm³/mol. The molecular formula is C41H40IrN2O-2. The predicted octanol–water partition coefficient (Wildman–Crippen LogP) is 10.8. The van der Waals surface area contributed by atoms with Crippen LogP contribution in [0.3, 0.4) is 0 Å². The van der Waals surface area contributed by atoms with Crippen molar-refractivity contribution in [1.82, 2.24) is 9.97 Å². The van der Waals surface area contributed by atoms with Gasteiger partial charge in [-0.25, -0.2) is 0 Å². The van der Waals surface area contributed by atoms with Crippen LogP contribution in [0.2, 0.25) is 0 Å².